The molecule has 2 aromatic rings. The summed E-state index contributed by atoms with van der Waals surface area (Å²) in [5.74, 6) is -0.423. The fraction of sp³-hybridized carbons (Fsp3) is 0.188. The van der Waals surface area contributed by atoms with Crippen LogP contribution < -0.4 is 10.6 Å². The highest BCUT2D eigenvalue weighted by molar-refractivity contribution is 6.43. The summed E-state index contributed by atoms with van der Waals surface area (Å²) in [6.45, 7) is 0.582. The van der Waals surface area contributed by atoms with E-state index in [2.05, 4.69) is 10.6 Å². The molecule has 0 saturated heterocycles. The molecular formula is C16H15Cl2FN2O. The van der Waals surface area contributed by atoms with E-state index in [1.165, 1.54) is 12.1 Å². The Hall–Kier alpha value is -1.78. The van der Waals surface area contributed by atoms with Gasteiger partial charge in [0.2, 0.25) is 5.91 Å². The fourth-order valence-corrected chi connectivity index (χ4v) is 2.24. The van der Waals surface area contributed by atoms with E-state index in [9.17, 15) is 9.18 Å². The van der Waals surface area contributed by atoms with Gasteiger partial charge in [0.15, 0.2) is 0 Å². The Bertz CT molecular complexity index is 647. The van der Waals surface area contributed by atoms with Crippen LogP contribution >= 0.6 is 23.2 Å². The van der Waals surface area contributed by atoms with Crippen molar-refractivity contribution < 1.29 is 9.18 Å². The summed E-state index contributed by atoms with van der Waals surface area (Å²) >= 11 is 11.9. The number of hydrogen-bond donors (Lipinski definition) is 2. The van der Waals surface area contributed by atoms with Crippen LogP contribution in [0, 0.1) is 5.82 Å². The average molecular weight is 341 g/mol. The van der Waals surface area contributed by atoms with Gasteiger partial charge in [-0.25, -0.2) is 4.39 Å². The van der Waals surface area contributed by atoms with E-state index in [0.29, 0.717) is 28.7 Å². The molecule has 1 amide bonds. The maximum atomic E-state index is 12.8. The number of carbonyl (C=O) groups excluding carboxylic acids is 1. The van der Waals surface area contributed by atoms with Crippen LogP contribution in [0.25, 0.3) is 0 Å². The molecule has 0 radical (unpaired) electrons. The van der Waals surface area contributed by atoms with Crippen molar-refractivity contribution in [2.24, 2.45) is 0 Å². The SMILES string of the molecule is O=C(CNc1cccc(Cl)c1Cl)NCCc1ccc(F)cc1. The van der Waals surface area contributed by atoms with Crippen molar-refractivity contribution in [1.29, 1.82) is 0 Å². The molecule has 0 atom stereocenters. The van der Waals surface area contributed by atoms with Crippen LogP contribution in [0.3, 0.4) is 0 Å². The van der Waals surface area contributed by atoms with Gasteiger partial charge in [0, 0.05) is 6.54 Å². The third-order valence-electron chi connectivity index (χ3n) is 3.04. The molecule has 0 saturated carbocycles. The first-order valence-corrected chi connectivity index (χ1v) is 7.51. The van der Waals surface area contributed by atoms with E-state index in [4.69, 9.17) is 23.2 Å². The molecular weight excluding hydrogens is 326 g/mol. The van der Waals surface area contributed by atoms with E-state index in [1.807, 2.05) is 0 Å². The standard InChI is InChI=1S/C16H15Cl2FN2O/c17-13-2-1-3-14(16(13)18)21-10-15(22)20-9-8-11-4-6-12(19)7-5-11/h1-7,21H,8-10H2,(H,20,22). The first kappa shape index (κ1) is 16.6. The van der Waals surface area contributed by atoms with Crippen LogP contribution in [0.4, 0.5) is 10.1 Å². The van der Waals surface area contributed by atoms with E-state index < -0.39 is 0 Å². The zero-order valence-corrected chi connectivity index (χ0v) is 13.2. The molecule has 0 aliphatic carbocycles. The minimum Gasteiger partial charge on any atom is -0.375 e. The fourth-order valence-electron chi connectivity index (χ4n) is 1.88. The zero-order valence-electron chi connectivity index (χ0n) is 11.7. The number of hydrogen-bond acceptors (Lipinski definition) is 2. The molecule has 0 fully saturated rings. The van der Waals surface area contributed by atoms with Crippen molar-refractivity contribution in [1.82, 2.24) is 5.32 Å². The van der Waals surface area contributed by atoms with E-state index in [0.717, 1.165) is 5.56 Å². The molecule has 0 aromatic heterocycles. The highest BCUT2D eigenvalue weighted by Gasteiger charge is 2.06. The molecule has 0 spiro atoms. The molecule has 0 heterocycles. The first-order chi connectivity index (χ1) is 10.6. The Labute approximate surface area is 138 Å². The first-order valence-electron chi connectivity index (χ1n) is 6.75. The molecule has 0 aliphatic heterocycles. The van der Waals surface area contributed by atoms with Gasteiger partial charge in [0.1, 0.15) is 5.82 Å². The smallest absolute Gasteiger partial charge is 0.239 e. The molecule has 116 valence electrons. The minimum atomic E-state index is -0.268. The molecule has 22 heavy (non-hydrogen) atoms. The monoisotopic (exact) mass is 340 g/mol. The average Bonchev–Trinajstić information content (AvgIpc) is 2.51. The maximum Gasteiger partial charge on any atom is 0.239 e. The highest BCUT2D eigenvalue weighted by atomic mass is 35.5. The van der Waals surface area contributed by atoms with E-state index in [-0.39, 0.29) is 18.3 Å². The molecule has 0 unspecified atom stereocenters. The number of anilines is 1. The predicted octanol–water partition coefficient (Wildman–Crippen LogP) is 3.90. The molecule has 6 heteroatoms. The predicted molar refractivity (Wildman–Crippen MR) is 88.1 cm³/mol. The number of amides is 1. The van der Waals surface area contributed by atoms with Crippen LogP contribution in [0.5, 0.6) is 0 Å². The van der Waals surface area contributed by atoms with Gasteiger partial charge in [-0.2, -0.15) is 0 Å². The quantitative estimate of drug-likeness (QED) is 0.837. The second-order valence-electron chi connectivity index (χ2n) is 4.68. The number of rotatable bonds is 6. The largest absolute Gasteiger partial charge is 0.375 e. The summed E-state index contributed by atoms with van der Waals surface area (Å²) in [6, 6.07) is 11.4. The van der Waals surface area contributed by atoms with Gasteiger partial charge in [-0.1, -0.05) is 41.4 Å². The summed E-state index contributed by atoms with van der Waals surface area (Å²) in [7, 11) is 0. The number of nitrogens with one attached hydrogen (secondary N) is 2. The molecule has 0 aliphatic rings. The lowest BCUT2D eigenvalue weighted by Gasteiger charge is -2.10. The third kappa shape index (κ3) is 4.90. The second-order valence-corrected chi connectivity index (χ2v) is 5.47. The van der Waals surface area contributed by atoms with Crippen LogP contribution in [-0.4, -0.2) is 19.0 Å². The summed E-state index contributed by atoms with van der Waals surface area (Å²) in [5.41, 5.74) is 1.58. The maximum absolute atomic E-state index is 12.8. The van der Waals surface area contributed by atoms with Gasteiger partial charge >= 0.3 is 0 Å². The lowest BCUT2D eigenvalue weighted by Crippen LogP contribution is -2.31. The van der Waals surface area contributed by atoms with Crippen molar-refractivity contribution in [3.63, 3.8) is 0 Å². The third-order valence-corrected chi connectivity index (χ3v) is 3.86. The summed E-state index contributed by atoms with van der Waals surface area (Å²) in [6.07, 6.45) is 0.643. The lowest BCUT2D eigenvalue weighted by atomic mass is 10.1. The Morgan fingerprint density at radius 2 is 1.82 bits per heavy atom. The van der Waals surface area contributed by atoms with E-state index >= 15 is 0 Å². The van der Waals surface area contributed by atoms with Crippen molar-refractivity contribution in [2.45, 2.75) is 6.42 Å². The van der Waals surface area contributed by atoms with Gasteiger partial charge < -0.3 is 10.6 Å². The second kappa shape index (κ2) is 8.01. The van der Waals surface area contributed by atoms with Gasteiger partial charge in [-0.3, -0.25) is 4.79 Å². The minimum absolute atomic E-state index is 0.101. The molecule has 3 nitrogen and oxygen atoms in total. The Balaban J connectivity index is 1.74. The lowest BCUT2D eigenvalue weighted by molar-refractivity contribution is -0.119. The van der Waals surface area contributed by atoms with Gasteiger partial charge in [-0.05, 0) is 36.2 Å². The van der Waals surface area contributed by atoms with E-state index in [1.54, 1.807) is 30.3 Å². The Morgan fingerprint density at radius 3 is 2.55 bits per heavy atom. The van der Waals surface area contributed by atoms with Gasteiger partial charge in [-0.15, -0.1) is 0 Å². The van der Waals surface area contributed by atoms with Gasteiger partial charge in [0.05, 0.1) is 22.3 Å². The normalized spacial score (nSPS) is 10.3. The summed E-state index contributed by atoms with van der Waals surface area (Å²) in [5, 5.41) is 6.54. The summed E-state index contributed by atoms with van der Waals surface area (Å²) in [4.78, 5) is 11.7. The van der Waals surface area contributed by atoms with Gasteiger partial charge in [0.25, 0.3) is 0 Å². The Morgan fingerprint density at radius 1 is 1.09 bits per heavy atom. The highest BCUT2D eigenvalue weighted by Crippen LogP contribution is 2.29. The van der Waals surface area contributed by atoms with Crippen molar-refractivity contribution in [2.75, 3.05) is 18.4 Å². The molecule has 2 rings (SSSR count). The zero-order chi connectivity index (χ0) is 15.9. The summed E-state index contributed by atoms with van der Waals surface area (Å²) < 4.78 is 12.8. The molecule has 2 aromatic carbocycles. The molecule has 2 N–H and O–H groups in total. The number of carbonyl (C=O) groups is 1. The van der Waals surface area contributed by atoms with Crippen LogP contribution in [0.15, 0.2) is 42.5 Å². The Kier molecular flexibility index (Phi) is 6.04. The van der Waals surface area contributed by atoms with Crippen LogP contribution in [0.2, 0.25) is 10.0 Å². The van der Waals surface area contributed by atoms with Crippen molar-refractivity contribution >= 4 is 34.8 Å². The molecule has 0 bridgehead atoms. The van der Waals surface area contributed by atoms with Crippen molar-refractivity contribution in [3.8, 4) is 0 Å². The topological polar surface area (TPSA) is 41.1 Å². The van der Waals surface area contributed by atoms with Crippen LogP contribution in [0.1, 0.15) is 5.56 Å². The van der Waals surface area contributed by atoms with Crippen molar-refractivity contribution in [3.05, 3.63) is 63.9 Å². The number of benzene rings is 2. The number of halogens is 3. The van der Waals surface area contributed by atoms with Crippen LogP contribution in [-0.2, 0) is 11.2 Å².